The van der Waals surface area contributed by atoms with E-state index in [-0.39, 0.29) is 50.0 Å². The maximum absolute atomic E-state index is 13.0. The van der Waals surface area contributed by atoms with Gasteiger partial charge < -0.3 is 49.2 Å². The molecule has 22 nitrogen and oxygen atoms in total. The van der Waals surface area contributed by atoms with E-state index in [1.807, 2.05) is 0 Å². The third-order valence-corrected chi connectivity index (χ3v) is 21.4. The third kappa shape index (κ3) is 67.5. The molecule has 0 radical (unpaired) electrons. The van der Waals surface area contributed by atoms with Crippen LogP contribution in [0.15, 0.2) is 9.98 Å². The van der Waals surface area contributed by atoms with Crippen molar-refractivity contribution in [3.05, 3.63) is 0 Å². The average Bonchev–Trinajstić information content (AvgIpc) is 0.937. The van der Waals surface area contributed by atoms with Gasteiger partial charge in [-0.3, -0.25) is 47.3 Å². The van der Waals surface area contributed by atoms with E-state index in [4.69, 9.17) is 37.0 Å². The van der Waals surface area contributed by atoms with Crippen molar-refractivity contribution in [1.82, 2.24) is 0 Å². The summed E-state index contributed by atoms with van der Waals surface area (Å²) in [7, 11) is -7.24. The van der Waals surface area contributed by atoms with Crippen molar-refractivity contribution < 1.29 is 95.6 Å². The molecule has 0 heterocycles. The Labute approximate surface area is 612 Å². The summed E-state index contributed by atoms with van der Waals surface area (Å²) in [6.45, 7) is 4.02. The lowest BCUT2D eigenvalue weighted by atomic mass is 10.1. The first kappa shape index (κ1) is 97.7. The molecule has 0 aliphatic heterocycles. The fourth-order valence-electron chi connectivity index (χ4n) is 10.9. The van der Waals surface area contributed by atoms with Crippen molar-refractivity contribution >= 4 is 72.9 Å². The highest BCUT2D eigenvalue weighted by Gasteiger charge is 2.29. The Morgan fingerprint density at radius 1 is 0.330 bits per heavy atom. The Morgan fingerprint density at radius 3 is 0.790 bits per heavy atom. The summed E-state index contributed by atoms with van der Waals surface area (Å²) >= 11 is 0. The highest BCUT2D eigenvalue weighted by atomic mass is 33.1. The van der Waals surface area contributed by atoms with Gasteiger partial charge in [-0.25, -0.2) is 9.13 Å². The van der Waals surface area contributed by atoms with Crippen molar-refractivity contribution in [3.63, 3.8) is 0 Å². The second kappa shape index (κ2) is 70.9. The number of rotatable bonds is 77. The molecule has 26 heteroatoms. The van der Waals surface area contributed by atoms with Crippen molar-refractivity contribution in [2.75, 3.05) is 64.4 Å². The van der Waals surface area contributed by atoms with Crippen LogP contribution in [-0.4, -0.2) is 144 Å². The topological polar surface area (TPSA) is 328 Å². The average molecular weight is 1500 g/mol. The van der Waals surface area contributed by atoms with E-state index in [0.29, 0.717) is 25.7 Å². The fraction of sp³-hybridized carbons (Fsp3) is 0.919. The van der Waals surface area contributed by atoms with Crippen LogP contribution in [0, 0.1) is 0 Å². The molecule has 6 atom stereocenters. The van der Waals surface area contributed by atoms with Gasteiger partial charge in [0.05, 0.1) is 51.7 Å². The highest BCUT2D eigenvalue weighted by Crippen LogP contribution is 2.44. The second-order valence-corrected chi connectivity index (χ2v) is 32.3. The van der Waals surface area contributed by atoms with Gasteiger partial charge in [0.2, 0.25) is 0 Å². The van der Waals surface area contributed by atoms with Crippen LogP contribution in [-0.2, 0) is 65.4 Å². The van der Waals surface area contributed by atoms with Crippen LogP contribution >= 0.6 is 37.2 Å². The quantitative estimate of drug-likeness (QED) is 0.00836. The maximum Gasteiger partial charge on any atom is 0.472 e. The molecule has 4 N–H and O–H groups in total. The van der Waals surface area contributed by atoms with Gasteiger partial charge in [0, 0.05) is 37.2 Å². The number of esters is 4. The highest BCUT2D eigenvalue weighted by molar-refractivity contribution is 8.76. The molecular weight excluding hydrogens is 1360 g/mol. The zero-order valence-corrected chi connectivity index (χ0v) is 66.1. The Balaban J connectivity index is 5.18. The number of hydrogen-bond acceptors (Lipinski definition) is 22. The standard InChI is InChI=1S/C74H142N2O20P2S2/c1-5-9-13-17-21-25-29-33-37-41-45-49-71(81)89-61-67(95-73(83)51-47-43-39-35-31-27-23-19-15-11-7-3)63-93-97(85,86)91-59-65(57-77)75-69(79)53-55-99-100-56-54-70(80)76-66(58-78)60-92-98(87,88)94-64-68(96-74(84)52-48-44-40-36-32-28-24-20-16-12-8-4)62-90-72(82)50-46-42-38-34-30-26-22-18-14-10-6-2/h65-68,77-78H,5-64H2,1-4H3,(H,75,79)(H,76,80)(H,85,86)(H,87,88)/p-2/t65?,66?,67-,68-/m1/s1. The molecule has 4 unspecified atom stereocenters. The molecular formula is C74H140N2O20P2S2-2. The monoisotopic (exact) mass is 1500 g/mol. The molecule has 0 aliphatic rings. The van der Waals surface area contributed by atoms with Crippen LogP contribution in [0.2, 0.25) is 0 Å². The second-order valence-electron chi connectivity index (χ2n) is 26.7. The minimum atomic E-state index is -4.87. The summed E-state index contributed by atoms with van der Waals surface area (Å²) in [6.07, 6.45) is 47.0. The van der Waals surface area contributed by atoms with Gasteiger partial charge in [-0.2, -0.15) is 0 Å². The van der Waals surface area contributed by atoms with Gasteiger partial charge >= 0.3 is 39.5 Å². The van der Waals surface area contributed by atoms with Crippen molar-refractivity contribution in [2.24, 2.45) is 9.98 Å². The molecule has 0 saturated heterocycles. The number of aliphatic hydroxyl groups excluding tert-OH is 2. The number of hydrogen-bond donors (Lipinski definition) is 4. The van der Waals surface area contributed by atoms with Gasteiger partial charge in [0.15, 0.2) is 12.2 Å². The van der Waals surface area contributed by atoms with Crippen LogP contribution in [0.25, 0.3) is 0 Å². The summed E-state index contributed by atoms with van der Waals surface area (Å²) in [4.78, 5) is 80.2. The van der Waals surface area contributed by atoms with Gasteiger partial charge in [0.1, 0.15) is 13.2 Å². The minimum absolute atomic E-state index is 0.0928. The Bertz CT molecular complexity index is 1960. The number of ether oxygens (including phenoxy) is 4. The first-order chi connectivity index (χ1) is 48.4. The zero-order chi connectivity index (χ0) is 73.7. The van der Waals surface area contributed by atoms with Gasteiger partial charge in [-0.05, 0) is 50.3 Å². The zero-order valence-electron chi connectivity index (χ0n) is 62.7. The predicted molar refractivity (Wildman–Crippen MR) is 400 cm³/mol. The van der Waals surface area contributed by atoms with Gasteiger partial charge in [-0.15, -0.1) is 0 Å². The summed E-state index contributed by atoms with van der Waals surface area (Å²) < 4.78 is 68.6. The Hall–Kier alpha value is -2.34. The van der Waals surface area contributed by atoms with Crippen LogP contribution in [0.4, 0.5) is 0 Å². The molecule has 0 spiro atoms. The third-order valence-electron chi connectivity index (χ3n) is 17.1. The molecule has 0 fully saturated rings. The molecule has 0 aromatic rings. The van der Waals surface area contributed by atoms with E-state index in [1.165, 1.54) is 189 Å². The molecule has 100 heavy (non-hydrogen) atoms. The smallest absolute Gasteiger partial charge is 0.472 e. The molecule has 590 valence electrons. The summed E-state index contributed by atoms with van der Waals surface area (Å²) in [5.41, 5.74) is 0. The van der Waals surface area contributed by atoms with Gasteiger partial charge in [-0.1, -0.05) is 306 Å². The normalized spacial score (nSPS) is 14.5. The number of phosphoric ester groups is 2. The van der Waals surface area contributed by atoms with Crippen molar-refractivity contribution in [3.8, 4) is 0 Å². The van der Waals surface area contributed by atoms with E-state index in [0.717, 1.165) is 89.9 Å². The molecule has 0 rings (SSSR count). The lowest BCUT2D eigenvalue weighted by molar-refractivity contribution is -0.219. The molecule has 0 bridgehead atoms. The van der Waals surface area contributed by atoms with Crippen LogP contribution in [0.3, 0.4) is 0 Å². The molecule has 0 aromatic heterocycles. The van der Waals surface area contributed by atoms with Crippen molar-refractivity contribution in [2.45, 2.75) is 373 Å². The van der Waals surface area contributed by atoms with Crippen LogP contribution < -0.4 is 10.2 Å². The number of aliphatic hydroxyl groups is 2. The maximum atomic E-state index is 13.0. The number of carbonyl (C=O) groups excluding carboxylic acids is 4. The lowest BCUT2D eigenvalue weighted by Gasteiger charge is -2.21. The molecule has 0 aromatic carbocycles. The molecule has 0 saturated carbocycles. The van der Waals surface area contributed by atoms with E-state index in [9.17, 15) is 58.5 Å². The van der Waals surface area contributed by atoms with Crippen LogP contribution in [0.1, 0.15) is 349 Å². The van der Waals surface area contributed by atoms with Crippen LogP contribution in [0.5, 0.6) is 0 Å². The SMILES string of the molecule is CCCCCCCCCCCCCC(=O)OC[C@H](COP(=O)(O)OCC(CO)N=C([O-])CCSSCCC([O-])=NC(CO)COP(=O)(O)OC[C@@H](COC(=O)CCCCCCCCCCCCC)OC(=O)CCCCCCCCCCCCC)OC(=O)CCCCCCCCCCCCC. The van der Waals surface area contributed by atoms with E-state index in [2.05, 4.69) is 37.7 Å². The first-order valence-corrected chi connectivity index (χ1v) is 44.8. The number of unbranched alkanes of at least 4 members (excludes halogenated alkanes) is 40. The number of nitrogens with zero attached hydrogens (tertiary/aromatic N) is 2. The van der Waals surface area contributed by atoms with E-state index < -0.39 is 128 Å². The molecule has 0 aliphatic carbocycles. The number of phosphoric acid groups is 2. The summed E-state index contributed by atoms with van der Waals surface area (Å²) in [5.74, 6) is -2.88. The van der Waals surface area contributed by atoms with Gasteiger partial charge in [0.25, 0.3) is 0 Å². The minimum Gasteiger partial charge on any atom is -0.862 e. The largest absolute Gasteiger partial charge is 0.862 e. The lowest BCUT2D eigenvalue weighted by Crippen LogP contribution is -2.30. The van der Waals surface area contributed by atoms with E-state index in [1.54, 1.807) is 0 Å². The van der Waals surface area contributed by atoms with E-state index >= 15 is 0 Å². The summed E-state index contributed by atoms with van der Waals surface area (Å²) in [6, 6.07) is -2.44. The fourth-order valence-corrected chi connectivity index (χ4v) is 14.5. The number of carbonyl (C=O) groups is 4. The Kier molecular flexibility index (Phi) is 69.3. The van der Waals surface area contributed by atoms with Crippen molar-refractivity contribution in [1.29, 1.82) is 0 Å². The summed E-state index contributed by atoms with van der Waals surface area (Å²) in [5, 5.41) is 45.4. The first-order valence-electron chi connectivity index (χ1n) is 39.3. The molecule has 0 amide bonds. The predicted octanol–water partition coefficient (Wildman–Crippen LogP) is 17.4. The Morgan fingerprint density at radius 2 is 0.550 bits per heavy atom. The number of aliphatic imine (C=N–C) groups is 2.